The SMILES string of the molecule is C=C/C=C/C=C/C=C/CCCCCCCCCCCCCCCC. The van der Waals surface area contributed by atoms with Gasteiger partial charge < -0.3 is 0 Å². The van der Waals surface area contributed by atoms with E-state index in [1.54, 1.807) is 6.08 Å². The molecule has 0 spiro atoms. The molecule has 24 heavy (non-hydrogen) atoms. The highest BCUT2D eigenvalue weighted by Gasteiger charge is 1.93. The molecule has 0 aliphatic rings. The molecule has 0 heterocycles. The minimum Gasteiger partial charge on any atom is -0.0991 e. The quantitative estimate of drug-likeness (QED) is 0.174. The number of unbranched alkanes of at least 4 members (excludes halogenated alkanes) is 14. The van der Waals surface area contributed by atoms with Crippen LogP contribution in [0.5, 0.6) is 0 Å². The summed E-state index contributed by atoms with van der Waals surface area (Å²) in [6.45, 7) is 5.93. The van der Waals surface area contributed by atoms with E-state index in [9.17, 15) is 0 Å². The van der Waals surface area contributed by atoms with Crippen LogP contribution in [0.25, 0.3) is 0 Å². The van der Waals surface area contributed by atoms with Crippen LogP contribution in [0.1, 0.15) is 103 Å². The summed E-state index contributed by atoms with van der Waals surface area (Å²) in [5.74, 6) is 0. The van der Waals surface area contributed by atoms with E-state index in [1.807, 2.05) is 18.2 Å². The normalized spacial score (nSPS) is 12.0. The summed E-state index contributed by atoms with van der Waals surface area (Å²) in [5.41, 5.74) is 0. The first-order chi connectivity index (χ1) is 11.9. The first-order valence-electron chi connectivity index (χ1n) is 10.5. The van der Waals surface area contributed by atoms with Gasteiger partial charge >= 0.3 is 0 Å². The maximum atomic E-state index is 3.64. The Balaban J connectivity index is 3.12. The zero-order valence-corrected chi connectivity index (χ0v) is 16.4. The van der Waals surface area contributed by atoms with Gasteiger partial charge in [0.2, 0.25) is 0 Å². The molecular weight excluding hydrogens is 288 g/mol. The van der Waals surface area contributed by atoms with E-state index >= 15 is 0 Å². The van der Waals surface area contributed by atoms with Crippen molar-refractivity contribution in [2.24, 2.45) is 0 Å². The van der Waals surface area contributed by atoms with Crippen molar-refractivity contribution in [3.63, 3.8) is 0 Å². The molecular formula is C24H42. The molecule has 0 saturated heterocycles. The molecule has 0 nitrogen and oxygen atoms in total. The maximum Gasteiger partial charge on any atom is -0.0348 e. The predicted molar refractivity (Wildman–Crippen MR) is 113 cm³/mol. The Bertz CT molecular complexity index is 319. The van der Waals surface area contributed by atoms with E-state index in [-0.39, 0.29) is 0 Å². The van der Waals surface area contributed by atoms with Crippen molar-refractivity contribution >= 4 is 0 Å². The van der Waals surface area contributed by atoms with Crippen LogP contribution in [0.15, 0.2) is 49.1 Å². The molecule has 0 atom stereocenters. The highest BCUT2D eigenvalue weighted by Crippen LogP contribution is 2.13. The van der Waals surface area contributed by atoms with Crippen molar-refractivity contribution in [2.75, 3.05) is 0 Å². The van der Waals surface area contributed by atoms with Crippen molar-refractivity contribution in [3.8, 4) is 0 Å². The summed E-state index contributed by atoms with van der Waals surface area (Å²) in [5, 5.41) is 0. The standard InChI is InChI=1S/C24H42/c1-3-5-7-9-11-13-15-17-19-21-23-24-22-20-18-16-14-12-10-8-6-4-2/h3,5,7,9,11,13,15H,1,4,6,8,10,12,14,16-24H2,2H3/b7-5+,11-9+,15-13+. The molecule has 0 fully saturated rings. The van der Waals surface area contributed by atoms with Crippen LogP contribution in [0.2, 0.25) is 0 Å². The van der Waals surface area contributed by atoms with Crippen LogP contribution in [0.4, 0.5) is 0 Å². The lowest BCUT2D eigenvalue weighted by atomic mass is 10.0. The smallest absolute Gasteiger partial charge is 0.0348 e. The van der Waals surface area contributed by atoms with Crippen molar-refractivity contribution in [1.82, 2.24) is 0 Å². The van der Waals surface area contributed by atoms with Crippen molar-refractivity contribution in [1.29, 1.82) is 0 Å². The molecule has 0 rings (SSSR count). The van der Waals surface area contributed by atoms with Gasteiger partial charge in [0.15, 0.2) is 0 Å². The van der Waals surface area contributed by atoms with Gasteiger partial charge in [0.1, 0.15) is 0 Å². The molecule has 0 unspecified atom stereocenters. The molecule has 0 N–H and O–H groups in total. The van der Waals surface area contributed by atoms with Gasteiger partial charge in [-0.2, -0.15) is 0 Å². The summed E-state index contributed by atoms with van der Waals surface area (Å²) in [7, 11) is 0. The van der Waals surface area contributed by atoms with Gasteiger partial charge in [-0.05, 0) is 12.8 Å². The van der Waals surface area contributed by atoms with E-state index < -0.39 is 0 Å². The van der Waals surface area contributed by atoms with Crippen molar-refractivity contribution in [3.05, 3.63) is 49.1 Å². The largest absolute Gasteiger partial charge is 0.0991 e. The average Bonchev–Trinajstić information content (AvgIpc) is 2.60. The lowest BCUT2D eigenvalue weighted by molar-refractivity contribution is 0.536. The van der Waals surface area contributed by atoms with Gasteiger partial charge in [0.05, 0.1) is 0 Å². The number of hydrogen-bond acceptors (Lipinski definition) is 0. The molecule has 0 aromatic rings. The molecule has 0 saturated carbocycles. The van der Waals surface area contributed by atoms with E-state index in [4.69, 9.17) is 0 Å². The van der Waals surface area contributed by atoms with Crippen LogP contribution in [0.3, 0.4) is 0 Å². The second-order valence-corrected chi connectivity index (χ2v) is 6.82. The first-order valence-corrected chi connectivity index (χ1v) is 10.5. The Morgan fingerprint density at radius 3 is 1.42 bits per heavy atom. The van der Waals surface area contributed by atoms with Crippen molar-refractivity contribution in [2.45, 2.75) is 103 Å². The minimum atomic E-state index is 1.22. The lowest BCUT2D eigenvalue weighted by Gasteiger charge is -2.02. The van der Waals surface area contributed by atoms with Gasteiger partial charge in [0, 0.05) is 0 Å². The fourth-order valence-corrected chi connectivity index (χ4v) is 2.90. The predicted octanol–water partition coefficient (Wildman–Crippen LogP) is 8.71. The number of hydrogen-bond donors (Lipinski definition) is 0. The average molecular weight is 331 g/mol. The number of rotatable bonds is 18. The van der Waals surface area contributed by atoms with Crippen LogP contribution >= 0.6 is 0 Å². The molecule has 0 aromatic carbocycles. The summed E-state index contributed by atoms with van der Waals surface area (Å²) in [6.07, 6.45) is 35.6. The maximum absolute atomic E-state index is 3.64. The summed E-state index contributed by atoms with van der Waals surface area (Å²) < 4.78 is 0. The minimum absolute atomic E-state index is 1.22. The highest BCUT2D eigenvalue weighted by atomic mass is 14.0. The molecule has 0 radical (unpaired) electrons. The molecule has 0 heteroatoms. The fourth-order valence-electron chi connectivity index (χ4n) is 2.90. The van der Waals surface area contributed by atoms with E-state index in [0.717, 1.165) is 0 Å². The third-order valence-electron chi connectivity index (χ3n) is 4.44. The Labute approximate surface area is 152 Å². The number of allylic oxidation sites excluding steroid dienone is 7. The molecule has 0 amide bonds. The van der Waals surface area contributed by atoms with E-state index in [2.05, 4.69) is 31.7 Å². The monoisotopic (exact) mass is 330 g/mol. The van der Waals surface area contributed by atoms with Crippen LogP contribution in [-0.2, 0) is 0 Å². The van der Waals surface area contributed by atoms with E-state index in [1.165, 1.54) is 96.3 Å². The third kappa shape index (κ3) is 21.0. The molecule has 0 aromatic heterocycles. The Kier molecular flexibility index (Phi) is 21.0. The van der Waals surface area contributed by atoms with Crippen LogP contribution in [-0.4, -0.2) is 0 Å². The summed E-state index contributed by atoms with van der Waals surface area (Å²) in [4.78, 5) is 0. The zero-order valence-electron chi connectivity index (χ0n) is 16.4. The van der Waals surface area contributed by atoms with Crippen LogP contribution < -0.4 is 0 Å². The Hall–Kier alpha value is -1.04. The zero-order chi connectivity index (χ0) is 17.6. The second kappa shape index (κ2) is 22.0. The Morgan fingerprint density at radius 1 is 0.500 bits per heavy atom. The van der Waals surface area contributed by atoms with Gasteiger partial charge in [-0.1, -0.05) is 140 Å². The molecule has 0 aliphatic carbocycles. The first kappa shape index (κ1) is 23.0. The second-order valence-electron chi connectivity index (χ2n) is 6.82. The molecule has 0 bridgehead atoms. The van der Waals surface area contributed by atoms with Gasteiger partial charge in [-0.15, -0.1) is 0 Å². The highest BCUT2D eigenvalue weighted by molar-refractivity contribution is 5.14. The topological polar surface area (TPSA) is 0 Å². The van der Waals surface area contributed by atoms with Crippen LogP contribution in [0, 0.1) is 0 Å². The van der Waals surface area contributed by atoms with Crippen molar-refractivity contribution < 1.29 is 0 Å². The fraction of sp³-hybridized carbons (Fsp3) is 0.667. The molecule has 0 aliphatic heterocycles. The molecule has 138 valence electrons. The summed E-state index contributed by atoms with van der Waals surface area (Å²) >= 11 is 0. The van der Waals surface area contributed by atoms with Gasteiger partial charge in [-0.25, -0.2) is 0 Å². The van der Waals surface area contributed by atoms with Gasteiger partial charge in [0.25, 0.3) is 0 Å². The van der Waals surface area contributed by atoms with E-state index in [0.29, 0.717) is 0 Å². The Morgan fingerprint density at radius 2 is 0.917 bits per heavy atom. The lowest BCUT2D eigenvalue weighted by Crippen LogP contribution is -1.83. The summed E-state index contributed by atoms with van der Waals surface area (Å²) in [6, 6.07) is 0. The third-order valence-corrected chi connectivity index (χ3v) is 4.44. The van der Waals surface area contributed by atoms with Gasteiger partial charge in [-0.3, -0.25) is 0 Å².